The zero-order valence-corrected chi connectivity index (χ0v) is 16.1. The van der Waals surface area contributed by atoms with Crippen molar-refractivity contribution in [2.75, 3.05) is 11.9 Å². The van der Waals surface area contributed by atoms with Crippen LogP contribution >= 0.6 is 0 Å². The number of carbonyl (C=O) groups excluding carboxylic acids is 2. The molecule has 0 saturated carbocycles. The third-order valence-electron chi connectivity index (χ3n) is 4.09. The molecule has 0 aromatic heterocycles. The number of rotatable bonds is 13. The zero-order chi connectivity index (χ0) is 20.9. The first-order chi connectivity index (χ1) is 14.1. The number of carbonyl (C=O) groups is 3. The van der Waals surface area contributed by atoms with Crippen LogP contribution in [-0.4, -0.2) is 29.9 Å². The van der Waals surface area contributed by atoms with Gasteiger partial charge in [0, 0.05) is 12.5 Å². The molecule has 0 spiro atoms. The lowest BCUT2D eigenvalue weighted by atomic mass is 10.1. The number of nitrogens with one attached hydrogen (secondary N) is 1. The van der Waals surface area contributed by atoms with Crippen molar-refractivity contribution in [3.63, 3.8) is 0 Å². The van der Waals surface area contributed by atoms with Gasteiger partial charge in [0.1, 0.15) is 17.2 Å². The quantitative estimate of drug-likeness (QED) is 0.294. The molecule has 29 heavy (non-hydrogen) atoms. The van der Waals surface area contributed by atoms with Crippen molar-refractivity contribution >= 4 is 23.9 Å². The minimum absolute atomic E-state index is 0.199. The fraction of sp³-hybridized carbons (Fsp3) is 0.318. The second-order valence-electron chi connectivity index (χ2n) is 6.44. The first-order valence-corrected chi connectivity index (χ1v) is 9.56. The summed E-state index contributed by atoms with van der Waals surface area (Å²) in [6, 6.07) is 14.2. The lowest BCUT2D eigenvalue weighted by molar-refractivity contribution is -0.137. The van der Waals surface area contributed by atoms with Crippen molar-refractivity contribution in [1.29, 1.82) is 0 Å². The van der Waals surface area contributed by atoms with Crippen molar-refractivity contribution in [1.82, 2.24) is 0 Å². The first-order valence-electron chi connectivity index (χ1n) is 9.56. The molecule has 0 fully saturated rings. The van der Waals surface area contributed by atoms with Crippen LogP contribution in [0.15, 0.2) is 48.5 Å². The van der Waals surface area contributed by atoms with Gasteiger partial charge in [0.2, 0.25) is 6.29 Å². The van der Waals surface area contributed by atoms with Gasteiger partial charge in [0.25, 0.3) is 5.91 Å². The van der Waals surface area contributed by atoms with Gasteiger partial charge in [0.05, 0.1) is 12.3 Å². The molecule has 0 atom stereocenters. The van der Waals surface area contributed by atoms with Crippen LogP contribution in [-0.2, 0) is 14.4 Å². The number of unbranched alkanes of at least 4 members (excludes halogenated alkanes) is 4. The van der Waals surface area contributed by atoms with Crippen LogP contribution < -0.4 is 14.8 Å². The molecule has 2 rings (SSSR count). The van der Waals surface area contributed by atoms with Gasteiger partial charge in [-0.15, -0.1) is 0 Å². The molecule has 154 valence electrons. The third-order valence-corrected chi connectivity index (χ3v) is 4.09. The average Bonchev–Trinajstić information content (AvgIpc) is 2.72. The van der Waals surface area contributed by atoms with Gasteiger partial charge in [0.15, 0.2) is 0 Å². The van der Waals surface area contributed by atoms with Crippen LogP contribution in [0.4, 0.5) is 5.69 Å². The smallest absolute Gasteiger partial charge is 0.303 e. The zero-order valence-electron chi connectivity index (χ0n) is 16.1. The Hall–Kier alpha value is -3.35. The van der Waals surface area contributed by atoms with E-state index in [9.17, 15) is 14.4 Å². The molecule has 7 heteroatoms. The van der Waals surface area contributed by atoms with E-state index >= 15 is 0 Å². The van der Waals surface area contributed by atoms with Gasteiger partial charge in [-0.1, -0.05) is 37.5 Å². The molecule has 0 bridgehead atoms. The molecule has 0 aliphatic carbocycles. The van der Waals surface area contributed by atoms with Crippen LogP contribution in [0.2, 0.25) is 0 Å². The van der Waals surface area contributed by atoms with Gasteiger partial charge in [-0.25, -0.2) is 0 Å². The Kier molecular flexibility index (Phi) is 9.21. The lowest BCUT2D eigenvalue weighted by Gasteiger charge is -2.14. The van der Waals surface area contributed by atoms with Crippen molar-refractivity contribution in [3.05, 3.63) is 48.5 Å². The molecule has 0 unspecified atom stereocenters. The Balaban J connectivity index is 1.91. The normalized spacial score (nSPS) is 10.2. The molecule has 2 N–H and O–H groups in total. The predicted molar refractivity (Wildman–Crippen MR) is 108 cm³/mol. The van der Waals surface area contributed by atoms with E-state index in [4.69, 9.17) is 14.6 Å². The van der Waals surface area contributed by atoms with Crippen molar-refractivity contribution in [3.8, 4) is 17.2 Å². The van der Waals surface area contributed by atoms with Gasteiger partial charge < -0.3 is 19.9 Å². The van der Waals surface area contributed by atoms with E-state index in [2.05, 4.69) is 5.32 Å². The number of para-hydroxylation sites is 1. The molecule has 0 radical (unpaired) electrons. The molecule has 0 saturated heterocycles. The van der Waals surface area contributed by atoms with E-state index in [0.717, 1.165) is 25.7 Å². The fourth-order valence-electron chi connectivity index (χ4n) is 2.67. The molecule has 2 aromatic rings. The molecule has 0 aliphatic heterocycles. The second kappa shape index (κ2) is 12.2. The molecule has 7 nitrogen and oxygen atoms in total. The SMILES string of the molecule is O=CC(=O)Nc1ccc(Oc2ccccc2)cc1OCCCCCCCC(=O)O. The number of amides is 1. The molecule has 1 amide bonds. The maximum atomic E-state index is 11.4. The highest BCUT2D eigenvalue weighted by Gasteiger charge is 2.10. The predicted octanol–water partition coefficient (Wildman–Crippen LogP) is 4.42. The van der Waals surface area contributed by atoms with Gasteiger partial charge in [-0.05, 0) is 37.1 Å². The average molecular weight is 399 g/mol. The number of carboxylic acid groups (broad SMARTS) is 1. The van der Waals surface area contributed by atoms with Crippen molar-refractivity contribution in [2.45, 2.75) is 38.5 Å². The topological polar surface area (TPSA) is 102 Å². The van der Waals surface area contributed by atoms with Gasteiger partial charge >= 0.3 is 5.97 Å². The summed E-state index contributed by atoms with van der Waals surface area (Å²) in [4.78, 5) is 32.6. The molecular formula is C22H25NO6. The lowest BCUT2D eigenvalue weighted by Crippen LogP contribution is -2.13. The van der Waals surface area contributed by atoms with E-state index in [1.165, 1.54) is 0 Å². The maximum Gasteiger partial charge on any atom is 0.303 e. The molecule has 0 aliphatic rings. The van der Waals surface area contributed by atoms with Crippen LogP contribution in [0.1, 0.15) is 38.5 Å². The largest absolute Gasteiger partial charge is 0.491 e. The van der Waals surface area contributed by atoms with E-state index in [1.807, 2.05) is 30.3 Å². The van der Waals surface area contributed by atoms with Crippen LogP contribution in [0.5, 0.6) is 17.2 Å². The van der Waals surface area contributed by atoms with Gasteiger partial charge in [-0.2, -0.15) is 0 Å². The van der Waals surface area contributed by atoms with E-state index < -0.39 is 11.9 Å². The molecule has 2 aromatic carbocycles. The monoisotopic (exact) mass is 399 g/mol. The van der Waals surface area contributed by atoms with Crippen LogP contribution in [0.3, 0.4) is 0 Å². The number of hydrogen-bond acceptors (Lipinski definition) is 5. The highest BCUT2D eigenvalue weighted by Crippen LogP contribution is 2.32. The third kappa shape index (κ3) is 8.47. The number of ether oxygens (including phenoxy) is 2. The van der Waals surface area contributed by atoms with Crippen LogP contribution in [0, 0.1) is 0 Å². The van der Waals surface area contributed by atoms with E-state index in [-0.39, 0.29) is 12.7 Å². The van der Waals surface area contributed by atoms with Crippen molar-refractivity contribution < 1.29 is 29.0 Å². The van der Waals surface area contributed by atoms with Gasteiger partial charge in [-0.3, -0.25) is 14.4 Å². The highest BCUT2D eigenvalue weighted by molar-refractivity contribution is 6.29. The van der Waals surface area contributed by atoms with Crippen molar-refractivity contribution in [2.24, 2.45) is 0 Å². The summed E-state index contributed by atoms with van der Waals surface area (Å²) in [5, 5.41) is 11.1. The number of anilines is 1. The summed E-state index contributed by atoms with van der Waals surface area (Å²) in [7, 11) is 0. The Morgan fingerprint density at radius 3 is 2.38 bits per heavy atom. The Morgan fingerprint density at radius 2 is 1.66 bits per heavy atom. The summed E-state index contributed by atoms with van der Waals surface area (Å²) in [5.41, 5.74) is 0.393. The number of aliphatic carboxylic acids is 1. The fourth-order valence-corrected chi connectivity index (χ4v) is 2.67. The number of hydrogen-bond donors (Lipinski definition) is 2. The minimum Gasteiger partial charge on any atom is -0.491 e. The maximum absolute atomic E-state index is 11.4. The van der Waals surface area contributed by atoms with Crippen LogP contribution in [0.25, 0.3) is 0 Å². The summed E-state index contributed by atoms with van der Waals surface area (Å²) in [6.07, 6.45) is 4.58. The Morgan fingerprint density at radius 1 is 0.931 bits per heavy atom. The minimum atomic E-state index is -0.768. The second-order valence-corrected chi connectivity index (χ2v) is 6.44. The van der Waals surface area contributed by atoms with E-state index in [0.29, 0.717) is 36.0 Å². The Bertz CT molecular complexity index is 806. The summed E-state index contributed by atoms with van der Waals surface area (Å²) < 4.78 is 11.6. The first kappa shape index (κ1) is 21.9. The summed E-state index contributed by atoms with van der Waals surface area (Å²) >= 11 is 0. The highest BCUT2D eigenvalue weighted by atomic mass is 16.5. The summed E-state index contributed by atoms with van der Waals surface area (Å²) in [6.45, 7) is 0.428. The standard InChI is InChI=1S/C22H25NO6/c24-16-21(25)23-19-13-12-18(29-17-9-5-4-6-10-17)15-20(19)28-14-8-3-1-2-7-11-22(26)27/h4-6,9-10,12-13,15-16H,1-3,7-8,11,14H2,(H,23,25)(H,26,27). The number of benzene rings is 2. The number of aldehydes is 1. The Labute approximate surface area is 169 Å². The molecule has 0 heterocycles. The van der Waals surface area contributed by atoms with E-state index in [1.54, 1.807) is 18.2 Å². The number of carboxylic acids is 1. The summed E-state index contributed by atoms with van der Waals surface area (Å²) in [5.74, 6) is 0.105. The molecular weight excluding hydrogens is 374 g/mol.